The van der Waals surface area contributed by atoms with Gasteiger partial charge in [0.1, 0.15) is 6.29 Å². The number of carbonyl (C=O) groups excluding carboxylic acids is 1. The highest BCUT2D eigenvalue weighted by Crippen LogP contribution is 2.33. The van der Waals surface area contributed by atoms with Crippen molar-refractivity contribution in [1.82, 2.24) is 0 Å². The van der Waals surface area contributed by atoms with E-state index in [9.17, 15) is 4.79 Å². The molecule has 102 valence electrons. The van der Waals surface area contributed by atoms with E-state index in [2.05, 4.69) is 36.4 Å². The first-order valence-corrected chi connectivity index (χ1v) is 7.56. The molecule has 2 rings (SSSR count). The van der Waals surface area contributed by atoms with Crippen LogP contribution in [0.1, 0.15) is 44.1 Å². The molecule has 1 atom stereocenters. The molecule has 1 heteroatoms. The Kier molecular flexibility index (Phi) is 5.87. The number of allylic oxidation sites excluding steroid dienone is 2. The lowest BCUT2D eigenvalue weighted by atomic mass is 9.77. The van der Waals surface area contributed by atoms with Crippen LogP contribution in [0.3, 0.4) is 0 Å². The molecular formula is C18H24O. The van der Waals surface area contributed by atoms with Crippen LogP contribution in [0.4, 0.5) is 0 Å². The van der Waals surface area contributed by atoms with Gasteiger partial charge in [-0.1, -0.05) is 55.7 Å². The fourth-order valence-corrected chi connectivity index (χ4v) is 3.22. The van der Waals surface area contributed by atoms with Crippen molar-refractivity contribution in [2.24, 2.45) is 11.8 Å². The Bertz CT molecular complexity index is 387. The number of aryl methyl sites for hydroxylation is 1. The summed E-state index contributed by atoms with van der Waals surface area (Å²) in [7, 11) is 0. The SMILES string of the molecule is O=C/C=C/[C@H](CCc1ccccc1)C1CCCCC1. The molecule has 0 N–H and O–H groups in total. The molecule has 0 aliphatic heterocycles. The molecule has 0 aromatic heterocycles. The van der Waals surface area contributed by atoms with Crippen LogP contribution >= 0.6 is 0 Å². The monoisotopic (exact) mass is 256 g/mol. The van der Waals surface area contributed by atoms with Gasteiger partial charge >= 0.3 is 0 Å². The van der Waals surface area contributed by atoms with E-state index >= 15 is 0 Å². The molecule has 0 heterocycles. The topological polar surface area (TPSA) is 17.1 Å². The molecule has 1 aromatic carbocycles. The molecule has 1 aromatic rings. The molecule has 1 saturated carbocycles. The standard InChI is InChI=1S/C18H24O/c19-15-7-12-18(17-10-5-2-6-11-17)14-13-16-8-3-1-4-9-16/h1,3-4,7-9,12,15,17-18H,2,5-6,10-11,13-14H2/b12-7+/t18-/m1/s1. The number of hydrogen-bond donors (Lipinski definition) is 0. The molecule has 0 unspecified atom stereocenters. The van der Waals surface area contributed by atoms with E-state index in [4.69, 9.17) is 0 Å². The summed E-state index contributed by atoms with van der Waals surface area (Å²) in [5.74, 6) is 1.36. The zero-order valence-corrected chi connectivity index (χ0v) is 11.6. The predicted molar refractivity (Wildman–Crippen MR) is 80.0 cm³/mol. The normalized spacial score (nSPS) is 18.5. The van der Waals surface area contributed by atoms with Crippen LogP contribution in [0.15, 0.2) is 42.5 Å². The minimum absolute atomic E-state index is 0.575. The van der Waals surface area contributed by atoms with Crippen LogP contribution in [0, 0.1) is 11.8 Å². The second kappa shape index (κ2) is 7.93. The van der Waals surface area contributed by atoms with E-state index in [1.54, 1.807) is 6.08 Å². The first-order valence-electron chi connectivity index (χ1n) is 7.56. The predicted octanol–water partition coefficient (Wildman–Crippen LogP) is 4.57. The number of rotatable bonds is 6. The molecule has 1 fully saturated rings. The van der Waals surface area contributed by atoms with Crippen molar-refractivity contribution in [2.45, 2.75) is 44.9 Å². The second-order valence-electron chi connectivity index (χ2n) is 5.61. The van der Waals surface area contributed by atoms with Gasteiger partial charge in [0.2, 0.25) is 0 Å². The number of carbonyl (C=O) groups is 1. The quantitative estimate of drug-likeness (QED) is 0.538. The van der Waals surface area contributed by atoms with Crippen molar-refractivity contribution in [3.05, 3.63) is 48.0 Å². The fraction of sp³-hybridized carbons (Fsp3) is 0.500. The van der Waals surface area contributed by atoms with Gasteiger partial charge in [0.15, 0.2) is 0 Å². The molecular weight excluding hydrogens is 232 g/mol. The zero-order chi connectivity index (χ0) is 13.3. The third kappa shape index (κ3) is 4.66. The lowest BCUT2D eigenvalue weighted by Gasteiger charge is -2.28. The maximum atomic E-state index is 10.6. The third-order valence-corrected chi connectivity index (χ3v) is 4.30. The Hall–Kier alpha value is -1.37. The zero-order valence-electron chi connectivity index (χ0n) is 11.6. The molecule has 0 bridgehead atoms. The van der Waals surface area contributed by atoms with Crippen molar-refractivity contribution in [1.29, 1.82) is 0 Å². The highest BCUT2D eigenvalue weighted by Gasteiger charge is 2.21. The Morgan fingerprint density at radius 2 is 1.84 bits per heavy atom. The maximum absolute atomic E-state index is 10.6. The Labute approximate surface area is 116 Å². The molecule has 0 spiro atoms. The van der Waals surface area contributed by atoms with Gasteiger partial charge in [-0.05, 0) is 49.2 Å². The summed E-state index contributed by atoms with van der Waals surface area (Å²) < 4.78 is 0. The van der Waals surface area contributed by atoms with Crippen molar-refractivity contribution in [2.75, 3.05) is 0 Å². The number of hydrogen-bond acceptors (Lipinski definition) is 1. The summed E-state index contributed by atoms with van der Waals surface area (Å²) in [6.45, 7) is 0. The average molecular weight is 256 g/mol. The smallest absolute Gasteiger partial charge is 0.142 e. The van der Waals surface area contributed by atoms with Gasteiger partial charge in [0, 0.05) is 0 Å². The van der Waals surface area contributed by atoms with E-state index < -0.39 is 0 Å². The molecule has 0 radical (unpaired) electrons. The van der Waals surface area contributed by atoms with Gasteiger partial charge in [0.25, 0.3) is 0 Å². The van der Waals surface area contributed by atoms with Crippen molar-refractivity contribution >= 4 is 6.29 Å². The fourth-order valence-electron chi connectivity index (χ4n) is 3.22. The third-order valence-electron chi connectivity index (χ3n) is 4.30. The summed E-state index contributed by atoms with van der Waals surface area (Å²) in [5.41, 5.74) is 1.41. The first kappa shape index (κ1) is 14.0. The minimum atomic E-state index is 0.575. The average Bonchev–Trinajstić information content (AvgIpc) is 2.49. The molecule has 19 heavy (non-hydrogen) atoms. The van der Waals surface area contributed by atoms with Gasteiger partial charge in [-0.3, -0.25) is 4.79 Å². The Balaban J connectivity index is 1.93. The lowest BCUT2D eigenvalue weighted by molar-refractivity contribution is -0.104. The number of benzene rings is 1. The van der Waals surface area contributed by atoms with Crippen LogP contribution in [0.5, 0.6) is 0 Å². The molecule has 1 nitrogen and oxygen atoms in total. The van der Waals surface area contributed by atoms with Gasteiger partial charge < -0.3 is 0 Å². The van der Waals surface area contributed by atoms with E-state index in [1.807, 2.05) is 0 Å². The summed E-state index contributed by atoms with van der Waals surface area (Å²) in [6, 6.07) is 10.7. The lowest BCUT2D eigenvalue weighted by Crippen LogP contribution is -2.17. The first-order chi connectivity index (χ1) is 9.40. The molecule has 1 aliphatic rings. The summed E-state index contributed by atoms with van der Waals surface area (Å²) in [6.07, 6.45) is 13.8. The van der Waals surface area contributed by atoms with Crippen LogP contribution in [0.2, 0.25) is 0 Å². The van der Waals surface area contributed by atoms with Crippen LogP contribution in [0.25, 0.3) is 0 Å². The molecule has 0 saturated heterocycles. The van der Waals surface area contributed by atoms with Crippen LogP contribution in [-0.4, -0.2) is 6.29 Å². The maximum Gasteiger partial charge on any atom is 0.142 e. The highest BCUT2D eigenvalue weighted by atomic mass is 16.1. The Morgan fingerprint density at radius 1 is 1.11 bits per heavy atom. The minimum Gasteiger partial charge on any atom is -0.299 e. The van der Waals surface area contributed by atoms with Gasteiger partial charge in [-0.2, -0.15) is 0 Å². The number of aldehydes is 1. The van der Waals surface area contributed by atoms with E-state index in [-0.39, 0.29) is 0 Å². The summed E-state index contributed by atoms with van der Waals surface area (Å²) in [5, 5.41) is 0. The van der Waals surface area contributed by atoms with Crippen LogP contribution < -0.4 is 0 Å². The van der Waals surface area contributed by atoms with E-state index in [0.29, 0.717) is 5.92 Å². The van der Waals surface area contributed by atoms with Gasteiger partial charge in [-0.25, -0.2) is 0 Å². The molecule has 0 amide bonds. The summed E-state index contributed by atoms with van der Waals surface area (Å²) >= 11 is 0. The van der Waals surface area contributed by atoms with Gasteiger partial charge in [0.05, 0.1) is 0 Å². The van der Waals surface area contributed by atoms with Gasteiger partial charge in [-0.15, -0.1) is 0 Å². The van der Waals surface area contributed by atoms with Crippen molar-refractivity contribution in [3.8, 4) is 0 Å². The molecule has 1 aliphatic carbocycles. The van der Waals surface area contributed by atoms with Crippen molar-refractivity contribution < 1.29 is 4.79 Å². The van der Waals surface area contributed by atoms with Crippen LogP contribution in [-0.2, 0) is 11.2 Å². The highest BCUT2D eigenvalue weighted by molar-refractivity contribution is 5.64. The second-order valence-corrected chi connectivity index (χ2v) is 5.61. The van der Waals surface area contributed by atoms with E-state index in [0.717, 1.165) is 18.6 Å². The van der Waals surface area contributed by atoms with E-state index in [1.165, 1.54) is 44.1 Å². The largest absolute Gasteiger partial charge is 0.299 e. The van der Waals surface area contributed by atoms with Crippen molar-refractivity contribution in [3.63, 3.8) is 0 Å². The summed E-state index contributed by atoms with van der Waals surface area (Å²) in [4.78, 5) is 10.6. The Morgan fingerprint density at radius 3 is 2.53 bits per heavy atom.